The number of nitrogens with zero attached hydrogens (tertiary/aromatic N) is 4. The van der Waals surface area contributed by atoms with Gasteiger partial charge in [-0.1, -0.05) is 26.0 Å². The van der Waals surface area contributed by atoms with E-state index in [9.17, 15) is 13.2 Å². The van der Waals surface area contributed by atoms with Crippen molar-refractivity contribution in [2.75, 3.05) is 0 Å². The van der Waals surface area contributed by atoms with E-state index < -0.39 is 12.0 Å². The second-order valence-electron chi connectivity index (χ2n) is 5.33. The van der Waals surface area contributed by atoms with Crippen molar-refractivity contribution in [2.45, 2.75) is 26.4 Å². The van der Waals surface area contributed by atoms with Crippen LogP contribution in [0.15, 0.2) is 24.3 Å². The third kappa shape index (κ3) is 2.32. The highest BCUT2D eigenvalue weighted by atomic mass is 19.4. The molecule has 0 fully saturated rings. The molecule has 2 aromatic heterocycles. The molecule has 0 radical (unpaired) electrons. The van der Waals surface area contributed by atoms with Gasteiger partial charge in [0, 0.05) is 0 Å². The van der Waals surface area contributed by atoms with E-state index in [2.05, 4.69) is 15.2 Å². The average molecular weight is 294 g/mol. The van der Waals surface area contributed by atoms with E-state index in [-0.39, 0.29) is 11.6 Å². The first-order valence-corrected chi connectivity index (χ1v) is 6.58. The molecule has 21 heavy (non-hydrogen) atoms. The second kappa shape index (κ2) is 4.68. The Morgan fingerprint density at radius 2 is 1.86 bits per heavy atom. The molecule has 0 amide bonds. The molecule has 0 atom stereocenters. The second-order valence-corrected chi connectivity index (χ2v) is 5.33. The van der Waals surface area contributed by atoms with E-state index >= 15 is 0 Å². The Balaban J connectivity index is 2.42. The van der Waals surface area contributed by atoms with E-state index in [0.717, 1.165) is 4.40 Å². The zero-order chi connectivity index (χ0) is 15.2. The fraction of sp³-hybridized carbons (Fsp3) is 0.357. The van der Waals surface area contributed by atoms with Gasteiger partial charge in [0.25, 0.3) is 0 Å². The van der Waals surface area contributed by atoms with Crippen molar-refractivity contribution in [3.8, 4) is 0 Å². The smallest absolute Gasteiger partial charge is 0.268 e. The summed E-state index contributed by atoms with van der Waals surface area (Å²) < 4.78 is 40.4. The first-order valence-electron chi connectivity index (χ1n) is 6.58. The summed E-state index contributed by atoms with van der Waals surface area (Å²) >= 11 is 0. The Hall–Kier alpha value is -2.18. The third-order valence-corrected chi connectivity index (χ3v) is 3.15. The molecular weight excluding hydrogens is 281 g/mol. The Morgan fingerprint density at radius 3 is 2.52 bits per heavy atom. The van der Waals surface area contributed by atoms with Crippen molar-refractivity contribution in [2.24, 2.45) is 5.92 Å². The van der Waals surface area contributed by atoms with Crippen LogP contribution in [-0.4, -0.2) is 19.6 Å². The van der Waals surface area contributed by atoms with Gasteiger partial charge >= 0.3 is 6.18 Å². The van der Waals surface area contributed by atoms with Crippen molar-refractivity contribution in [1.82, 2.24) is 19.6 Å². The van der Waals surface area contributed by atoms with Crippen LogP contribution in [0.1, 0.15) is 25.4 Å². The predicted molar refractivity (Wildman–Crippen MR) is 71.8 cm³/mol. The number of halogens is 3. The summed E-state index contributed by atoms with van der Waals surface area (Å²) in [6.07, 6.45) is -4.01. The van der Waals surface area contributed by atoms with Crippen LogP contribution in [-0.2, 0) is 12.6 Å². The van der Waals surface area contributed by atoms with Gasteiger partial charge in [-0.15, -0.1) is 10.2 Å². The van der Waals surface area contributed by atoms with Gasteiger partial charge in [-0.05, 0) is 24.5 Å². The molecule has 0 aliphatic rings. The summed E-state index contributed by atoms with van der Waals surface area (Å²) in [5.74, 6) is -0.755. The largest absolute Gasteiger partial charge is 0.452 e. The zero-order valence-corrected chi connectivity index (χ0v) is 11.5. The van der Waals surface area contributed by atoms with E-state index in [4.69, 9.17) is 0 Å². The number of hydrogen-bond acceptors (Lipinski definition) is 3. The van der Waals surface area contributed by atoms with Gasteiger partial charge < -0.3 is 0 Å². The Kier molecular flexibility index (Phi) is 3.07. The van der Waals surface area contributed by atoms with Gasteiger partial charge in [0.15, 0.2) is 5.65 Å². The fourth-order valence-electron chi connectivity index (χ4n) is 2.35. The van der Waals surface area contributed by atoms with Gasteiger partial charge in [0.05, 0.1) is 16.7 Å². The van der Waals surface area contributed by atoms with Crippen LogP contribution >= 0.6 is 0 Å². The first-order chi connectivity index (χ1) is 9.88. The van der Waals surface area contributed by atoms with Crippen molar-refractivity contribution < 1.29 is 13.2 Å². The van der Waals surface area contributed by atoms with Crippen LogP contribution in [0.2, 0.25) is 0 Å². The maximum atomic E-state index is 13.1. The van der Waals surface area contributed by atoms with E-state index in [1.54, 1.807) is 24.3 Å². The lowest BCUT2D eigenvalue weighted by molar-refractivity contribution is -0.145. The summed E-state index contributed by atoms with van der Waals surface area (Å²) in [6.45, 7) is 3.96. The maximum Gasteiger partial charge on any atom is 0.452 e. The molecule has 4 nitrogen and oxygen atoms in total. The summed E-state index contributed by atoms with van der Waals surface area (Å²) in [5, 5.41) is 7.05. The number of alkyl halides is 3. The molecule has 0 aliphatic carbocycles. The van der Waals surface area contributed by atoms with Gasteiger partial charge in [-0.2, -0.15) is 13.2 Å². The minimum atomic E-state index is -4.56. The van der Waals surface area contributed by atoms with Gasteiger partial charge in [0.1, 0.15) is 0 Å². The van der Waals surface area contributed by atoms with Gasteiger partial charge in [0.2, 0.25) is 5.82 Å². The van der Waals surface area contributed by atoms with Crippen molar-refractivity contribution in [3.63, 3.8) is 0 Å². The van der Waals surface area contributed by atoms with E-state index in [1.165, 1.54) is 0 Å². The molecule has 0 saturated carbocycles. The number of benzene rings is 1. The lowest BCUT2D eigenvalue weighted by Crippen LogP contribution is -2.12. The number of rotatable bonds is 2. The molecule has 0 N–H and O–H groups in total. The number of fused-ring (bicyclic) bond motifs is 3. The lowest BCUT2D eigenvalue weighted by atomic mass is 10.1. The molecule has 0 bridgehead atoms. The van der Waals surface area contributed by atoms with Crippen molar-refractivity contribution in [1.29, 1.82) is 0 Å². The van der Waals surface area contributed by atoms with Crippen molar-refractivity contribution in [3.05, 3.63) is 35.8 Å². The first kappa shape index (κ1) is 13.8. The van der Waals surface area contributed by atoms with Gasteiger partial charge in [-0.3, -0.25) is 4.40 Å². The lowest BCUT2D eigenvalue weighted by Gasteiger charge is -2.10. The summed E-state index contributed by atoms with van der Waals surface area (Å²) in [5.41, 5.74) is 1.57. The minimum Gasteiger partial charge on any atom is -0.268 e. The van der Waals surface area contributed by atoms with Crippen LogP contribution in [0.25, 0.3) is 16.7 Å². The molecular formula is C14H13F3N4. The molecule has 0 aliphatic heterocycles. The molecule has 110 valence electrons. The molecule has 0 saturated heterocycles. The molecule has 7 heteroatoms. The van der Waals surface area contributed by atoms with E-state index in [0.29, 0.717) is 23.1 Å². The molecule has 0 spiro atoms. The fourth-order valence-corrected chi connectivity index (χ4v) is 2.35. The Labute approximate surface area is 118 Å². The maximum absolute atomic E-state index is 13.1. The van der Waals surface area contributed by atoms with Gasteiger partial charge in [-0.25, -0.2) is 4.98 Å². The number of para-hydroxylation sites is 2. The summed E-state index contributed by atoms with van der Waals surface area (Å²) in [7, 11) is 0. The highest BCUT2D eigenvalue weighted by Crippen LogP contribution is 2.30. The predicted octanol–water partition coefficient (Wildman–Crippen LogP) is 3.49. The molecule has 0 unspecified atom stereocenters. The standard InChI is InChI=1S/C14H13F3N4/c1-8(2)7-10-12-19-20-13(14(15,16)17)21(12)11-6-4-3-5-9(11)18-10/h3-6,8H,7H2,1-2H3. The van der Waals surface area contributed by atoms with E-state index in [1.807, 2.05) is 13.8 Å². The summed E-state index contributed by atoms with van der Waals surface area (Å²) in [6, 6.07) is 6.70. The van der Waals surface area contributed by atoms with Crippen LogP contribution in [0.4, 0.5) is 13.2 Å². The Bertz CT molecular complexity index is 805. The molecule has 2 heterocycles. The highest BCUT2D eigenvalue weighted by molar-refractivity contribution is 5.78. The normalized spacial score (nSPS) is 12.7. The number of aromatic nitrogens is 4. The van der Waals surface area contributed by atoms with Crippen LogP contribution in [0.5, 0.6) is 0 Å². The minimum absolute atomic E-state index is 0.176. The van der Waals surface area contributed by atoms with Crippen LogP contribution < -0.4 is 0 Å². The zero-order valence-electron chi connectivity index (χ0n) is 11.5. The molecule has 1 aromatic carbocycles. The number of hydrogen-bond donors (Lipinski definition) is 0. The van der Waals surface area contributed by atoms with Crippen LogP contribution in [0.3, 0.4) is 0 Å². The molecule has 3 aromatic rings. The summed E-state index contributed by atoms with van der Waals surface area (Å²) in [4.78, 5) is 4.45. The Morgan fingerprint density at radius 1 is 1.14 bits per heavy atom. The average Bonchev–Trinajstić information content (AvgIpc) is 2.83. The highest BCUT2D eigenvalue weighted by Gasteiger charge is 2.38. The third-order valence-electron chi connectivity index (χ3n) is 3.15. The van der Waals surface area contributed by atoms with Crippen molar-refractivity contribution >= 4 is 16.7 Å². The molecule has 3 rings (SSSR count). The topological polar surface area (TPSA) is 43.1 Å². The monoisotopic (exact) mass is 294 g/mol. The SMILES string of the molecule is CC(C)Cc1nc2ccccc2n2c(C(F)(F)F)nnc12. The van der Waals surface area contributed by atoms with Crippen LogP contribution in [0, 0.1) is 5.92 Å². The quantitative estimate of drug-likeness (QED) is 0.726.